The summed E-state index contributed by atoms with van der Waals surface area (Å²) in [4.78, 5) is 0. The minimum atomic E-state index is 0.807. The first kappa shape index (κ1) is 6.39. The third-order valence-corrected chi connectivity index (χ3v) is 1.99. The minimum Gasteiger partial charge on any atom is -0.365 e. The lowest BCUT2D eigenvalue weighted by molar-refractivity contribution is 0.0369. The third-order valence-electron chi connectivity index (χ3n) is 1.19. The summed E-state index contributed by atoms with van der Waals surface area (Å²) in [5.74, 6) is 0. The van der Waals surface area contributed by atoms with Crippen LogP contribution in [0, 0.1) is 0 Å². The van der Waals surface area contributed by atoms with Gasteiger partial charge in [-0.1, -0.05) is 11.9 Å². The molecule has 1 fully saturated rings. The minimum absolute atomic E-state index is 0.807. The predicted molar refractivity (Wildman–Crippen MR) is 35.7 cm³/mol. The second kappa shape index (κ2) is 3.33. The Balaban J connectivity index is 2.13. The SMILES string of the molecule is CSN1CCCOC1. The molecular formula is C5H11NOS. The number of nitrogens with zero attached hydrogens (tertiary/aromatic N) is 1. The van der Waals surface area contributed by atoms with E-state index in [9.17, 15) is 0 Å². The van der Waals surface area contributed by atoms with Crippen LogP contribution in [0.2, 0.25) is 0 Å². The molecule has 0 amide bonds. The quantitative estimate of drug-likeness (QED) is 0.494. The van der Waals surface area contributed by atoms with Gasteiger partial charge in [-0.05, 0) is 12.7 Å². The van der Waals surface area contributed by atoms with E-state index in [1.54, 1.807) is 11.9 Å². The lowest BCUT2D eigenvalue weighted by Crippen LogP contribution is -2.26. The predicted octanol–water partition coefficient (Wildman–Crippen LogP) is 0.944. The van der Waals surface area contributed by atoms with Crippen molar-refractivity contribution >= 4 is 11.9 Å². The molecule has 0 aromatic heterocycles. The van der Waals surface area contributed by atoms with Crippen molar-refractivity contribution in [2.75, 3.05) is 26.1 Å². The first-order valence-electron chi connectivity index (χ1n) is 2.80. The second-order valence-corrected chi connectivity index (χ2v) is 2.66. The summed E-state index contributed by atoms with van der Waals surface area (Å²) >= 11 is 1.75. The highest BCUT2D eigenvalue weighted by molar-refractivity contribution is 7.96. The van der Waals surface area contributed by atoms with Gasteiger partial charge in [-0.15, -0.1) is 0 Å². The van der Waals surface area contributed by atoms with Gasteiger partial charge in [0.05, 0.1) is 0 Å². The zero-order valence-corrected chi connectivity index (χ0v) is 5.91. The van der Waals surface area contributed by atoms with Gasteiger partial charge in [-0.3, -0.25) is 0 Å². The van der Waals surface area contributed by atoms with Gasteiger partial charge in [0.25, 0.3) is 0 Å². The topological polar surface area (TPSA) is 12.5 Å². The molecule has 1 aliphatic heterocycles. The molecule has 0 bridgehead atoms. The molecular weight excluding hydrogens is 122 g/mol. The highest BCUT2D eigenvalue weighted by atomic mass is 32.2. The molecule has 0 aromatic carbocycles. The van der Waals surface area contributed by atoms with Gasteiger partial charge in [0, 0.05) is 13.2 Å². The number of rotatable bonds is 1. The molecule has 0 aliphatic carbocycles. The normalized spacial score (nSPS) is 23.6. The highest BCUT2D eigenvalue weighted by Gasteiger charge is 2.06. The summed E-state index contributed by atoms with van der Waals surface area (Å²) in [6.45, 7) is 2.93. The Kier molecular flexibility index (Phi) is 2.66. The Bertz CT molecular complexity index is 63.4. The molecule has 1 saturated heterocycles. The van der Waals surface area contributed by atoms with E-state index < -0.39 is 0 Å². The Morgan fingerprint density at radius 3 is 2.88 bits per heavy atom. The lowest BCUT2D eigenvalue weighted by atomic mass is 10.4. The van der Waals surface area contributed by atoms with Crippen LogP contribution in [0.4, 0.5) is 0 Å². The second-order valence-electron chi connectivity index (χ2n) is 1.78. The summed E-state index contributed by atoms with van der Waals surface area (Å²) in [6.07, 6.45) is 3.26. The molecule has 0 saturated carbocycles. The standard InChI is InChI=1S/C5H11NOS/c1-8-6-3-2-4-7-5-6/h2-5H2,1H3. The molecule has 8 heavy (non-hydrogen) atoms. The summed E-state index contributed by atoms with van der Waals surface area (Å²) in [5.41, 5.74) is 0. The lowest BCUT2D eigenvalue weighted by Gasteiger charge is -2.23. The molecule has 0 unspecified atom stereocenters. The molecule has 1 rings (SSSR count). The van der Waals surface area contributed by atoms with Crippen LogP contribution in [0.1, 0.15) is 6.42 Å². The average Bonchev–Trinajstić information content (AvgIpc) is 1.90. The maximum Gasteiger partial charge on any atom is 0.108 e. The fourth-order valence-electron chi connectivity index (χ4n) is 0.718. The van der Waals surface area contributed by atoms with Crippen molar-refractivity contribution < 1.29 is 4.74 Å². The van der Waals surface area contributed by atoms with E-state index >= 15 is 0 Å². The van der Waals surface area contributed by atoms with Crippen molar-refractivity contribution in [3.8, 4) is 0 Å². The molecule has 0 spiro atoms. The summed E-state index contributed by atoms with van der Waals surface area (Å²) in [7, 11) is 0. The first-order chi connectivity index (χ1) is 3.93. The molecule has 3 heteroatoms. The van der Waals surface area contributed by atoms with Crippen molar-refractivity contribution in [3.05, 3.63) is 0 Å². The maximum atomic E-state index is 5.18. The van der Waals surface area contributed by atoms with Crippen LogP contribution in [-0.4, -0.2) is 30.4 Å². The molecule has 0 N–H and O–H groups in total. The van der Waals surface area contributed by atoms with Crippen LogP contribution in [0.25, 0.3) is 0 Å². The fourth-order valence-corrected chi connectivity index (χ4v) is 1.21. The maximum absolute atomic E-state index is 5.18. The number of hydrogen-bond acceptors (Lipinski definition) is 3. The number of ether oxygens (including phenoxy) is 1. The van der Waals surface area contributed by atoms with Crippen LogP contribution in [0.15, 0.2) is 0 Å². The van der Waals surface area contributed by atoms with E-state index in [2.05, 4.69) is 10.6 Å². The van der Waals surface area contributed by atoms with Gasteiger partial charge in [0.2, 0.25) is 0 Å². The van der Waals surface area contributed by atoms with Gasteiger partial charge in [-0.2, -0.15) is 0 Å². The van der Waals surface area contributed by atoms with Gasteiger partial charge in [0.1, 0.15) is 6.73 Å². The first-order valence-corrected chi connectivity index (χ1v) is 3.98. The zero-order valence-electron chi connectivity index (χ0n) is 5.09. The Morgan fingerprint density at radius 2 is 2.50 bits per heavy atom. The van der Waals surface area contributed by atoms with Gasteiger partial charge < -0.3 is 4.74 Å². The van der Waals surface area contributed by atoms with E-state index in [4.69, 9.17) is 4.74 Å². The van der Waals surface area contributed by atoms with Crippen molar-refractivity contribution in [3.63, 3.8) is 0 Å². The zero-order chi connectivity index (χ0) is 5.82. The van der Waals surface area contributed by atoms with Gasteiger partial charge in [-0.25, -0.2) is 4.31 Å². The van der Waals surface area contributed by atoms with E-state index in [0.29, 0.717) is 0 Å². The average molecular weight is 133 g/mol. The molecule has 0 radical (unpaired) electrons. The van der Waals surface area contributed by atoms with Crippen LogP contribution >= 0.6 is 11.9 Å². The Labute approximate surface area is 54.3 Å². The van der Waals surface area contributed by atoms with Gasteiger partial charge >= 0.3 is 0 Å². The van der Waals surface area contributed by atoms with Crippen LogP contribution < -0.4 is 0 Å². The third kappa shape index (κ3) is 1.65. The van der Waals surface area contributed by atoms with Crippen molar-refractivity contribution in [1.82, 2.24) is 4.31 Å². The van der Waals surface area contributed by atoms with E-state index in [1.807, 2.05) is 0 Å². The largest absolute Gasteiger partial charge is 0.365 e. The van der Waals surface area contributed by atoms with E-state index in [0.717, 1.165) is 13.3 Å². The van der Waals surface area contributed by atoms with E-state index in [1.165, 1.54) is 13.0 Å². The van der Waals surface area contributed by atoms with Crippen LogP contribution in [-0.2, 0) is 4.74 Å². The summed E-state index contributed by atoms with van der Waals surface area (Å²) < 4.78 is 7.39. The summed E-state index contributed by atoms with van der Waals surface area (Å²) in [5, 5.41) is 0. The Hall–Kier alpha value is 0.270. The molecule has 1 aliphatic rings. The monoisotopic (exact) mass is 133 g/mol. The van der Waals surface area contributed by atoms with Crippen LogP contribution in [0.5, 0.6) is 0 Å². The smallest absolute Gasteiger partial charge is 0.108 e. The molecule has 0 aromatic rings. The molecule has 48 valence electrons. The molecule has 2 nitrogen and oxygen atoms in total. The molecule has 0 atom stereocenters. The van der Waals surface area contributed by atoms with Crippen molar-refractivity contribution in [2.24, 2.45) is 0 Å². The van der Waals surface area contributed by atoms with E-state index in [-0.39, 0.29) is 0 Å². The van der Waals surface area contributed by atoms with Crippen molar-refractivity contribution in [1.29, 1.82) is 0 Å². The summed E-state index contributed by atoms with van der Waals surface area (Å²) in [6, 6.07) is 0. The van der Waals surface area contributed by atoms with Crippen LogP contribution in [0.3, 0.4) is 0 Å². The highest BCUT2D eigenvalue weighted by Crippen LogP contribution is 2.09. The van der Waals surface area contributed by atoms with Crippen molar-refractivity contribution in [2.45, 2.75) is 6.42 Å². The number of hydrogen-bond donors (Lipinski definition) is 0. The fraction of sp³-hybridized carbons (Fsp3) is 1.00. The Morgan fingerprint density at radius 1 is 1.62 bits per heavy atom. The molecule has 1 heterocycles. The van der Waals surface area contributed by atoms with Gasteiger partial charge in [0.15, 0.2) is 0 Å².